The molecule has 0 radical (unpaired) electrons. The van der Waals surface area contributed by atoms with E-state index in [1.165, 1.54) is 36.8 Å². The average molecular weight is 349 g/mol. The molecule has 0 saturated carbocycles. The molecule has 26 heavy (non-hydrogen) atoms. The van der Waals surface area contributed by atoms with Crippen LogP contribution in [0.3, 0.4) is 0 Å². The second kappa shape index (κ2) is 8.99. The smallest absolute Gasteiger partial charge is 0.144 e. The summed E-state index contributed by atoms with van der Waals surface area (Å²) in [5, 5.41) is 8.97. The Morgan fingerprint density at radius 2 is 1.77 bits per heavy atom. The van der Waals surface area contributed by atoms with Gasteiger partial charge in [0.15, 0.2) is 0 Å². The third-order valence-electron chi connectivity index (χ3n) is 5.71. The zero-order chi connectivity index (χ0) is 18.4. The number of halogens is 1. The number of nitriles is 1. The Bertz CT molecular complexity index is 770. The minimum atomic E-state index is -0.290. The summed E-state index contributed by atoms with van der Waals surface area (Å²) in [7, 11) is 0. The van der Waals surface area contributed by atoms with Crippen molar-refractivity contribution in [2.24, 2.45) is 5.92 Å². The van der Waals surface area contributed by atoms with E-state index < -0.39 is 0 Å². The van der Waals surface area contributed by atoms with Crippen LogP contribution in [0.2, 0.25) is 0 Å². The van der Waals surface area contributed by atoms with Crippen LogP contribution in [0.15, 0.2) is 36.4 Å². The highest BCUT2D eigenvalue weighted by Gasteiger charge is 2.22. The maximum Gasteiger partial charge on any atom is 0.144 e. The molecule has 3 rings (SSSR count). The van der Waals surface area contributed by atoms with Gasteiger partial charge < -0.3 is 0 Å². The zero-order valence-electron chi connectivity index (χ0n) is 15.7. The first-order chi connectivity index (χ1) is 12.7. The number of fused-ring (bicyclic) bond motifs is 1. The molecule has 1 nitrogen and oxygen atoms in total. The minimum Gasteiger partial charge on any atom is -0.205 e. The molecule has 0 aliphatic heterocycles. The van der Waals surface area contributed by atoms with Crippen molar-refractivity contribution < 1.29 is 4.39 Å². The van der Waals surface area contributed by atoms with Crippen LogP contribution in [0.4, 0.5) is 4.39 Å². The third-order valence-corrected chi connectivity index (χ3v) is 5.71. The Balaban J connectivity index is 1.53. The predicted octanol–water partition coefficient (Wildman–Crippen LogP) is 6.17. The molecule has 0 bridgehead atoms. The van der Waals surface area contributed by atoms with Crippen molar-refractivity contribution in [2.45, 2.75) is 64.7 Å². The van der Waals surface area contributed by atoms with Gasteiger partial charge >= 0.3 is 0 Å². The second-order valence-electron chi connectivity index (χ2n) is 7.60. The quantitative estimate of drug-likeness (QED) is 0.549. The highest BCUT2D eigenvalue weighted by molar-refractivity contribution is 5.41. The number of hydrogen-bond acceptors (Lipinski definition) is 1. The van der Waals surface area contributed by atoms with Crippen molar-refractivity contribution in [1.29, 1.82) is 5.26 Å². The largest absolute Gasteiger partial charge is 0.205 e. The van der Waals surface area contributed by atoms with E-state index in [9.17, 15) is 4.39 Å². The molecule has 0 heterocycles. The van der Waals surface area contributed by atoms with Gasteiger partial charge in [0.2, 0.25) is 0 Å². The van der Waals surface area contributed by atoms with Crippen LogP contribution in [0.5, 0.6) is 0 Å². The van der Waals surface area contributed by atoms with Crippen molar-refractivity contribution >= 4 is 0 Å². The van der Waals surface area contributed by atoms with Gasteiger partial charge in [0.1, 0.15) is 11.9 Å². The van der Waals surface area contributed by atoms with Crippen molar-refractivity contribution in [3.63, 3.8) is 0 Å². The molecular formula is C24H28FN. The average Bonchev–Trinajstić information content (AvgIpc) is 2.68. The number of nitrogens with zero attached hydrogens (tertiary/aromatic N) is 1. The lowest BCUT2D eigenvalue weighted by molar-refractivity contribution is 0.418. The van der Waals surface area contributed by atoms with Crippen LogP contribution < -0.4 is 0 Å². The maximum absolute atomic E-state index is 14.3. The fourth-order valence-corrected chi connectivity index (χ4v) is 4.04. The summed E-state index contributed by atoms with van der Waals surface area (Å²) in [5.74, 6) is 0.321. The predicted molar refractivity (Wildman–Crippen MR) is 105 cm³/mol. The minimum absolute atomic E-state index is 0.182. The monoisotopic (exact) mass is 349 g/mol. The van der Waals surface area contributed by atoms with Crippen molar-refractivity contribution in [2.75, 3.05) is 0 Å². The maximum atomic E-state index is 14.3. The molecule has 136 valence electrons. The lowest BCUT2D eigenvalue weighted by Crippen LogP contribution is -2.17. The van der Waals surface area contributed by atoms with Crippen LogP contribution in [0.1, 0.15) is 66.8 Å². The van der Waals surface area contributed by atoms with Crippen LogP contribution in [0, 0.1) is 23.1 Å². The number of benzene rings is 2. The summed E-state index contributed by atoms with van der Waals surface area (Å²) in [6.07, 6.45) is 10.00. The molecule has 0 aromatic heterocycles. The van der Waals surface area contributed by atoms with Gasteiger partial charge in [-0.2, -0.15) is 5.26 Å². The molecule has 1 aliphatic rings. The van der Waals surface area contributed by atoms with E-state index in [-0.39, 0.29) is 11.4 Å². The molecule has 0 fully saturated rings. The second-order valence-corrected chi connectivity index (χ2v) is 7.60. The normalized spacial score (nSPS) is 16.1. The third kappa shape index (κ3) is 4.52. The van der Waals surface area contributed by atoms with E-state index in [2.05, 4.69) is 31.2 Å². The van der Waals surface area contributed by atoms with Gasteiger partial charge in [-0.3, -0.25) is 0 Å². The Morgan fingerprint density at radius 3 is 2.46 bits per heavy atom. The van der Waals surface area contributed by atoms with Gasteiger partial charge in [0, 0.05) is 0 Å². The first-order valence-corrected chi connectivity index (χ1v) is 9.99. The summed E-state index contributed by atoms with van der Waals surface area (Å²) in [6, 6.07) is 14.6. The van der Waals surface area contributed by atoms with Gasteiger partial charge in [-0.1, -0.05) is 50.1 Å². The standard InChI is InChI=1S/C24H28FN/c1-2-3-4-5-18-6-8-19(9-7-18)10-11-20-12-15-23-21(16-20)13-14-22(17-26)24(23)25/h6-9,13-14,20H,2-5,10-12,15-16H2,1H3. The molecule has 2 heteroatoms. The van der Waals surface area contributed by atoms with Crippen LogP contribution in [-0.2, 0) is 25.7 Å². The fourth-order valence-electron chi connectivity index (χ4n) is 4.04. The highest BCUT2D eigenvalue weighted by Crippen LogP contribution is 2.31. The molecule has 1 aliphatic carbocycles. The lowest BCUT2D eigenvalue weighted by Gasteiger charge is -2.25. The summed E-state index contributed by atoms with van der Waals surface area (Å²) in [4.78, 5) is 0. The topological polar surface area (TPSA) is 23.8 Å². The molecule has 0 saturated heterocycles. The molecule has 1 unspecified atom stereocenters. The van der Waals surface area contributed by atoms with Gasteiger partial charge in [-0.25, -0.2) is 4.39 Å². The Morgan fingerprint density at radius 1 is 1.04 bits per heavy atom. The summed E-state index contributed by atoms with van der Waals surface area (Å²) < 4.78 is 14.3. The Labute approximate surface area is 156 Å². The van der Waals surface area contributed by atoms with Gasteiger partial charge in [-0.15, -0.1) is 0 Å². The SMILES string of the molecule is CCCCCc1ccc(CCC2CCc3c(ccc(C#N)c3F)C2)cc1. The lowest BCUT2D eigenvalue weighted by atomic mass is 9.80. The van der Waals surface area contributed by atoms with E-state index in [0.717, 1.165) is 43.2 Å². The number of hydrogen-bond donors (Lipinski definition) is 0. The first kappa shape index (κ1) is 18.6. The molecule has 0 spiro atoms. The molecule has 0 amide bonds. The molecule has 2 aromatic rings. The molecule has 1 atom stereocenters. The number of aryl methyl sites for hydroxylation is 2. The van der Waals surface area contributed by atoms with E-state index in [4.69, 9.17) is 5.26 Å². The summed E-state index contributed by atoms with van der Waals surface area (Å²) in [6.45, 7) is 2.24. The molecule has 2 aromatic carbocycles. The molecular weight excluding hydrogens is 321 g/mol. The van der Waals surface area contributed by atoms with Crippen LogP contribution >= 0.6 is 0 Å². The fraction of sp³-hybridized carbons (Fsp3) is 0.458. The van der Waals surface area contributed by atoms with Crippen LogP contribution in [0.25, 0.3) is 0 Å². The highest BCUT2D eigenvalue weighted by atomic mass is 19.1. The van der Waals surface area contributed by atoms with E-state index in [1.54, 1.807) is 6.07 Å². The van der Waals surface area contributed by atoms with Gasteiger partial charge in [-0.05, 0) is 79.2 Å². The van der Waals surface area contributed by atoms with Crippen molar-refractivity contribution in [3.8, 4) is 6.07 Å². The number of rotatable bonds is 7. The Hall–Kier alpha value is -2.14. The zero-order valence-corrected chi connectivity index (χ0v) is 15.7. The van der Waals surface area contributed by atoms with Gasteiger partial charge in [0.05, 0.1) is 5.56 Å². The number of unbranched alkanes of at least 4 members (excludes halogenated alkanes) is 2. The van der Waals surface area contributed by atoms with Crippen LogP contribution in [-0.4, -0.2) is 0 Å². The van der Waals surface area contributed by atoms with Gasteiger partial charge in [0.25, 0.3) is 0 Å². The first-order valence-electron chi connectivity index (χ1n) is 9.99. The molecule has 0 N–H and O–H groups in total. The van der Waals surface area contributed by atoms with E-state index >= 15 is 0 Å². The Kier molecular flexibility index (Phi) is 6.45. The van der Waals surface area contributed by atoms with Crippen molar-refractivity contribution in [1.82, 2.24) is 0 Å². The van der Waals surface area contributed by atoms with E-state index in [1.807, 2.05) is 12.1 Å². The van der Waals surface area contributed by atoms with E-state index in [0.29, 0.717) is 5.92 Å². The van der Waals surface area contributed by atoms with Crippen molar-refractivity contribution in [3.05, 3.63) is 70.0 Å². The summed E-state index contributed by atoms with van der Waals surface area (Å²) in [5.41, 5.74) is 4.90. The summed E-state index contributed by atoms with van der Waals surface area (Å²) >= 11 is 0.